The predicted octanol–water partition coefficient (Wildman–Crippen LogP) is 3.99. The summed E-state index contributed by atoms with van der Waals surface area (Å²) in [6, 6.07) is 0. The Morgan fingerprint density at radius 2 is 2.06 bits per heavy atom. The average Bonchev–Trinajstić information content (AvgIpc) is 2.68. The van der Waals surface area contributed by atoms with Crippen molar-refractivity contribution in [1.29, 1.82) is 0 Å². The fourth-order valence-electron chi connectivity index (χ4n) is 2.88. The van der Waals surface area contributed by atoms with Crippen LogP contribution in [-0.4, -0.2) is 61.6 Å². The summed E-state index contributed by atoms with van der Waals surface area (Å²) in [6.45, 7) is 7.05. The number of nitrogens with zero attached hydrogens (tertiary/aromatic N) is 1. The molecule has 91 valence electrons. The van der Waals surface area contributed by atoms with Crippen LogP contribution in [0.15, 0.2) is 11.6 Å². The van der Waals surface area contributed by atoms with Gasteiger partial charge in [0.25, 0.3) is 0 Å². The van der Waals surface area contributed by atoms with E-state index < -0.39 is 0 Å². The normalized spacial score (nSPS) is 29.8. The SMILES string of the molecule is CC(C)(C)C1CCCC(S)C1c1nccs1.[K]. The summed E-state index contributed by atoms with van der Waals surface area (Å²) in [5.41, 5.74) is 0.359. The molecule has 3 unspecified atom stereocenters. The van der Waals surface area contributed by atoms with E-state index in [1.165, 1.54) is 24.3 Å². The number of rotatable bonds is 1. The van der Waals surface area contributed by atoms with Gasteiger partial charge < -0.3 is 0 Å². The third-order valence-corrected chi connectivity index (χ3v) is 5.17. The number of hydrogen-bond acceptors (Lipinski definition) is 3. The van der Waals surface area contributed by atoms with E-state index in [1.807, 2.05) is 6.20 Å². The smallest absolute Gasteiger partial charge is 0.0969 e. The Kier molecular flexibility index (Phi) is 6.73. The van der Waals surface area contributed by atoms with Crippen LogP contribution < -0.4 is 0 Å². The van der Waals surface area contributed by atoms with Gasteiger partial charge in [-0.2, -0.15) is 12.6 Å². The second-order valence-corrected chi connectivity index (χ2v) is 7.46. The van der Waals surface area contributed by atoms with E-state index in [1.54, 1.807) is 11.3 Å². The second-order valence-electron chi connectivity index (χ2n) is 5.87. The molecule has 0 bridgehead atoms. The molecule has 1 nitrogen and oxygen atoms in total. The van der Waals surface area contributed by atoms with Crippen molar-refractivity contribution in [2.75, 3.05) is 0 Å². The van der Waals surface area contributed by atoms with Gasteiger partial charge in [0.15, 0.2) is 0 Å². The van der Waals surface area contributed by atoms with E-state index in [9.17, 15) is 0 Å². The molecule has 0 saturated heterocycles. The number of aromatic nitrogens is 1. The van der Waals surface area contributed by atoms with Gasteiger partial charge in [0.2, 0.25) is 0 Å². The molecular formula is C13H21KNS2. The van der Waals surface area contributed by atoms with E-state index >= 15 is 0 Å². The van der Waals surface area contributed by atoms with Gasteiger partial charge in [-0.05, 0) is 24.2 Å². The summed E-state index contributed by atoms with van der Waals surface area (Å²) < 4.78 is 0. The Morgan fingerprint density at radius 1 is 1.35 bits per heavy atom. The van der Waals surface area contributed by atoms with Crippen LogP contribution in [0.4, 0.5) is 0 Å². The first kappa shape index (κ1) is 16.7. The molecule has 0 spiro atoms. The summed E-state index contributed by atoms with van der Waals surface area (Å²) in [5, 5.41) is 3.87. The van der Waals surface area contributed by atoms with Crippen molar-refractivity contribution in [3.8, 4) is 0 Å². The van der Waals surface area contributed by atoms with Crippen LogP contribution in [0.1, 0.15) is 51.0 Å². The maximum atomic E-state index is 4.80. The van der Waals surface area contributed by atoms with E-state index in [-0.39, 0.29) is 51.4 Å². The topological polar surface area (TPSA) is 12.9 Å². The van der Waals surface area contributed by atoms with Gasteiger partial charge in [-0.1, -0.05) is 27.2 Å². The quantitative estimate of drug-likeness (QED) is 0.610. The first-order valence-corrected chi connectivity index (χ1v) is 7.47. The minimum absolute atomic E-state index is 0. The van der Waals surface area contributed by atoms with Crippen LogP contribution in [0.2, 0.25) is 0 Å². The van der Waals surface area contributed by atoms with Crippen LogP contribution in [0.3, 0.4) is 0 Å². The van der Waals surface area contributed by atoms with Crippen molar-refractivity contribution in [3.63, 3.8) is 0 Å². The molecule has 1 radical (unpaired) electrons. The van der Waals surface area contributed by atoms with Gasteiger partial charge in [0.05, 0.1) is 5.01 Å². The minimum Gasteiger partial charge on any atom is -0.249 e. The van der Waals surface area contributed by atoms with Crippen LogP contribution >= 0.6 is 24.0 Å². The molecular weight excluding hydrogens is 273 g/mol. The molecule has 1 heterocycles. The molecule has 0 N–H and O–H groups in total. The molecule has 1 fully saturated rings. The standard InChI is InChI=1S/C13H21NS2.K/c1-13(2,3)9-5-4-6-10(15)11(9)12-14-7-8-16-12;/h7-11,15H,4-6H2,1-3H3;. The fourth-order valence-corrected chi connectivity index (χ4v) is 4.38. The summed E-state index contributed by atoms with van der Waals surface area (Å²) >= 11 is 6.59. The molecule has 0 aliphatic heterocycles. The Morgan fingerprint density at radius 3 is 2.59 bits per heavy atom. The Bertz CT molecular complexity index is 332. The molecule has 3 atom stereocenters. The van der Waals surface area contributed by atoms with Gasteiger partial charge in [-0.3, -0.25) is 0 Å². The average molecular weight is 295 g/mol. The summed E-state index contributed by atoms with van der Waals surface area (Å²) in [6.07, 6.45) is 5.80. The zero-order valence-corrected chi connectivity index (χ0v) is 16.1. The van der Waals surface area contributed by atoms with Crippen molar-refractivity contribution in [2.24, 2.45) is 11.3 Å². The van der Waals surface area contributed by atoms with E-state index in [4.69, 9.17) is 12.6 Å². The molecule has 4 heteroatoms. The van der Waals surface area contributed by atoms with Crippen LogP contribution in [0, 0.1) is 11.3 Å². The Hall–Kier alpha value is 1.62. The molecule has 17 heavy (non-hydrogen) atoms. The first-order valence-electron chi connectivity index (χ1n) is 6.07. The Balaban J connectivity index is 0.00000144. The molecule has 2 rings (SSSR count). The van der Waals surface area contributed by atoms with Crippen molar-refractivity contribution in [3.05, 3.63) is 16.6 Å². The maximum absolute atomic E-state index is 4.80. The zero-order chi connectivity index (χ0) is 11.8. The maximum Gasteiger partial charge on any atom is 0.0969 e. The van der Waals surface area contributed by atoms with Gasteiger partial charge in [0.1, 0.15) is 0 Å². The second kappa shape index (κ2) is 6.87. The van der Waals surface area contributed by atoms with Crippen LogP contribution in [0.5, 0.6) is 0 Å². The minimum atomic E-state index is 0. The van der Waals surface area contributed by atoms with Crippen LogP contribution in [-0.2, 0) is 0 Å². The number of thiol groups is 1. The summed E-state index contributed by atoms with van der Waals surface area (Å²) in [5.74, 6) is 1.27. The molecule has 1 aliphatic rings. The van der Waals surface area contributed by atoms with Crippen molar-refractivity contribution in [1.82, 2.24) is 4.98 Å². The first-order chi connectivity index (χ1) is 7.50. The summed E-state index contributed by atoms with van der Waals surface area (Å²) in [7, 11) is 0. The molecule has 1 aliphatic carbocycles. The Labute approximate surface area is 157 Å². The third kappa shape index (κ3) is 4.04. The third-order valence-electron chi connectivity index (χ3n) is 3.71. The molecule has 1 aromatic rings. The van der Waals surface area contributed by atoms with Gasteiger partial charge in [-0.15, -0.1) is 11.3 Å². The van der Waals surface area contributed by atoms with Crippen molar-refractivity contribution in [2.45, 2.75) is 51.2 Å². The summed E-state index contributed by atoms with van der Waals surface area (Å²) in [4.78, 5) is 4.52. The van der Waals surface area contributed by atoms with Gasteiger partial charge in [-0.25, -0.2) is 4.98 Å². The molecule has 0 aromatic carbocycles. The fraction of sp³-hybridized carbons (Fsp3) is 0.769. The zero-order valence-electron chi connectivity index (χ0n) is 11.3. The van der Waals surface area contributed by atoms with Crippen LogP contribution in [0.25, 0.3) is 0 Å². The van der Waals surface area contributed by atoms with Crippen molar-refractivity contribution < 1.29 is 0 Å². The van der Waals surface area contributed by atoms with E-state index in [2.05, 4.69) is 31.1 Å². The van der Waals surface area contributed by atoms with E-state index in [0.29, 0.717) is 16.6 Å². The molecule has 0 amide bonds. The molecule has 1 aromatic heterocycles. The largest absolute Gasteiger partial charge is 0.249 e. The molecule has 1 saturated carbocycles. The van der Waals surface area contributed by atoms with E-state index in [0.717, 1.165) is 5.92 Å². The number of hydrogen-bond donors (Lipinski definition) is 1. The van der Waals surface area contributed by atoms with Crippen molar-refractivity contribution >= 4 is 75.4 Å². The van der Waals surface area contributed by atoms with Gasteiger partial charge in [0, 0.05) is 74.1 Å². The number of thiazole rings is 1. The van der Waals surface area contributed by atoms with Gasteiger partial charge >= 0.3 is 0 Å². The monoisotopic (exact) mass is 294 g/mol. The predicted molar refractivity (Wildman–Crippen MR) is 80.2 cm³/mol.